The summed E-state index contributed by atoms with van der Waals surface area (Å²) < 4.78 is 32.5. The van der Waals surface area contributed by atoms with Gasteiger partial charge in [0.15, 0.2) is 0 Å². The van der Waals surface area contributed by atoms with E-state index in [2.05, 4.69) is 20.8 Å². The molecule has 0 spiro atoms. The van der Waals surface area contributed by atoms with Crippen molar-refractivity contribution in [2.75, 3.05) is 6.61 Å². The molecule has 350 valence electrons. The van der Waals surface area contributed by atoms with Crippen molar-refractivity contribution in [3.05, 3.63) is 0 Å². The molecule has 0 aromatic heterocycles. The van der Waals surface area contributed by atoms with Gasteiger partial charge in [-0.2, -0.15) is 8.42 Å². The van der Waals surface area contributed by atoms with Gasteiger partial charge in [-0.1, -0.05) is 316 Å². The third kappa shape index (κ3) is 45.4. The number of hydrogen-bond acceptors (Lipinski definition) is 3. The lowest BCUT2D eigenvalue weighted by Crippen LogP contribution is -2.24. The molecule has 0 bridgehead atoms. The highest BCUT2D eigenvalue weighted by atomic mass is 32.2. The Labute approximate surface area is 368 Å². The van der Waals surface area contributed by atoms with E-state index in [0.717, 1.165) is 44.9 Å². The minimum Gasteiger partial charge on any atom is -0.270 e. The fourth-order valence-corrected chi connectivity index (χ4v) is 10.5. The SMILES string of the molecule is CCCCCCCCCCCCCCCCCCCCCCOS(=O)(=O)C(CCCCCCCCCCC)CCCCCCCCCCCCCCCCCCCC. The summed E-state index contributed by atoms with van der Waals surface area (Å²) in [6.45, 7) is 7.26. The lowest BCUT2D eigenvalue weighted by molar-refractivity contribution is 0.296. The Balaban J connectivity index is 4.03. The first kappa shape index (κ1) is 57.9. The maximum Gasteiger partial charge on any atom is 0.270 e. The van der Waals surface area contributed by atoms with E-state index < -0.39 is 10.1 Å². The highest BCUT2D eigenvalue weighted by Crippen LogP contribution is 2.23. The summed E-state index contributed by atoms with van der Waals surface area (Å²) in [4.78, 5) is 0. The van der Waals surface area contributed by atoms with Crippen molar-refractivity contribution >= 4 is 10.1 Å². The molecule has 0 saturated carbocycles. The molecule has 0 radical (unpaired) electrons. The van der Waals surface area contributed by atoms with Gasteiger partial charge in [0.05, 0.1) is 11.9 Å². The summed E-state index contributed by atoms with van der Waals surface area (Å²) >= 11 is 0. The van der Waals surface area contributed by atoms with Crippen molar-refractivity contribution in [1.29, 1.82) is 0 Å². The van der Waals surface area contributed by atoms with Gasteiger partial charge in [-0.25, -0.2) is 0 Å². The van der Waals surface area contributed by atoms with Crippen molar-refractivity contribution in [1.82, 2.24) is 0 Å². The molecule has 58 heavy (non-hydrogen) atoms. The van der Waals surface area contributed by atoms with Crippen LogP contribution in [0.2, 0.25) is 0 Å². The summed E-state index contributed by atoms with van der Waals surface area (Å²) in [5.41, 5.74) is 0. The zero-order valence-electron chi connectivity index (χ0n) is 40.6. The van der Waals surface area contributed by atoms with Crippen LogP contribution >= 0.6 is 0 Å². The van der Waals surface area contributed by atoms with Gasteiger partial charge in [0.25, 0.3) is 10.1 Å². The van der Waals surface area contributed by atoms with Crippen LogP contribution < -0.4 is 0 Å². The minimum absolute atomic E-state index is 0.303. The molecule has 1 atom stereocenters. The first-order valence-electron chi connectivity index (χ1n) is 27.5. The van der Waals surface area contributed by atoms with Gasteiger partial charge in [-0.15, -0.1) is 0 Å². The second kappa shape index (κ2) is 49.6. The topological polar surface area (TPSA) is 43.4 Å². The molecule has 0 aromatic carbocycles. The van der Waals surface area contributed by atoms with E-state index in [0.29, 0.717) is 6.61 Å². The van der Waals surface area contributed by atoms with E-state index in [1.165, 1.54) is 270 Å². The Morgan fingerprint density at radius 3 is 0.638 bits per heavy atom. The molecule has 0 aliphatic rings. The normalized spacial score (nSPS) is 12.5. The van der Waals surface area contributed by atoms with Crippen LogP contribution in [0.1, 0.15) is 335 Å². The van der Waals surface area contributed by atoms with E-state index >= 15 is 0 Å². The Morgan fingerprint density at radius 2 is 0.431 bits per heavy atom. The largest absolute Gasteiger partial charge is 0.270 e. The third-order valence-electron chi connectivity index (χ3n) is 13.2. The lowest BCUT2D eigenvalue weighted by atomic mass is 10.0. The van der Waals surface area contributed by atoms with Gasteiger partial charge in [0.2, 0.25) is 0 Å². The fraction of sp³-hybridized carbons (Fsp3) is 1.00. The summed E-state index contributed by atoms with van der Waals surface area (Å²) in [7, 11) is -3.48. The van der Waals surface area contributed by atoms with Crippen LogP contribution in [-0.4, -0.2) is 20.3 Å². The zero-order valence-corrected chi connectivity index (χ0v) is 41.4. The second-order valence-corrected chi connectivity index (χ2v) is 21.0. The molecule has 0 rings (SSSR count). The molecule has 0 aliphatic carbocycles. The average molecular weight is 840 g/mol. The standard InChI is InChI=1S/C54H110O3S/c1-4-7-10-13-16-19-21-23-25-27-29-30-32-34-36-38-41-44-47-50-53-57-58(55,56)54(51-48-45-42-39-18-15-12-9-6-3)52-49-46-43-40-37-35-33-31-28-26-24-22-20-17-14-11-8-5-2/h54H,4-53H2,1-3H3. The van der Waals surface area contributed by atoms with Crippen molar-refractivity contribution in [2.45, 2.75) is 341 Å². The van der Waals surface area contributed by atoms with Crippen LogP contribution in [0.4, 0.5) is 0 Å². The van der Waals surface area contributed by atoms with Crippen molar-refractivity contribution in [3.63, 3.8) is 0 Å². The van der Waals surface area contributed by atoms with Crippen molar-refractivity contribution in [3.8, 4) is 0 Å². The van der Waals surface area contributed by atoms with Crippen LogP contribution in [0.15, 0.2) is 0 Å². The molecular formula is C54H110O3S. The fourth-order valence-electron chi connectivity index (χ4n) is 9.02. The highest BCUT2D eigenvalue weighted by molar-refractivity contribution is 7.87. The molecule has 3 nitrogen and oxygen atoms in total. The first-order valence-corrected chi connectivity index (χ1v) is 28.9. The Kier molecular flexibility index (Phi) is 49.5. The quantitative estimate of drug-likeness (QED) is 0.0453. The molecule has 0 heterocycles. The van der Waals surface area contributed by atoms with Gasteiger partial charge in [-0.3, -0.25) is 4.18 Å². The number of rotatable bonds is 52. The van der Waals surface area contributed by atoms with Crippen LogP contribution in [0.25, 0.3) is 0 Å². The average Bonchev–Trinajstić information content (AvgIpc) is 3.22. The number of unbranched alkanes of at least 4 members (excludes halogenated alkanes) is 44. The van der Waals surface area contributed by atoms with Crippen LogP contribution in [0.3, 0.4) is 0 Å². The first-order chi connectivity index (χ1) is 28.6. The van der Waals surface area contributed by atoms with Gasteiger partial charge >= 0.3 is 0 Å². The third-order valence-corrected chi connectivity index (χ3v) is 14.9. The van der Waals surface area contributed by atoms with Gasteiger partial charge in [0, 0.05) is 0 Å². The zero-order chi connectivity index (χ0) is 42.1. The molecule has 1 unspecified atom stereocenters. The molecule has 0 fully saturated rings. The summed E-state index contributed by atoms with van der Waals surface area (Å²) in [6, 6.07) is 0. The molecule has 0 saturated heterocycles. The van der Waals surface area contributed by atoms with Gasteiger partial charge in [-0.05, 0) is 19.3 Å². The minimum atomic E-state index is -3.48. The Hall–Kier alpha value is -0.0900. The summed E-state index contributed by atoms with van der Waals surface area (Å²) in [5, 5.41) is -0.303. The Morgan fingerprint density at radius 1 is 0.259 bits per heavy atom. The highest BCUT2D eigenvalue weighted by Gasteiger charge is 2.25. The van der Waals surface area contributed by atoms with Gasteiger partial charge < -0.3 is 0 Å². The van der Waals surface area contributed by atoms with E-state index in [4.69, 9.17) is 4.18 Å². The second-order valence-electron chi connectivity index (χ2n) is 19.1. The summed E-state index contributed by atoms with van der Waals surface area (Å²) in [5.74, 6) is 0. The predicted octanol–water partition coefficient (Wildman–Crippen LogP) is 19.9. The maximum atomic E-state index is 13.4. The van der Waals surface area contributed by atoms with Crippen molar-refractivity contribution < 1.29 is 12.6 Å². The van der Waals surface area contributed by atoms with Gasteiger partial charge in [0.1, 0.15) is 0 Å². The van der Waals surface area contributed by atoms with Crippen LogP contribution in [0.5, 0.6) is 0 Å². The lowest BCUT2D eigenvalue weighted by Gasteiger charge is -2.17. The predicted molar refractivity (Wildman–Crippen MR) is 262 cm³/mol. The van der Waals surface area contributed by atoms with Crippen LogP contribution in [0, 0.1) is 0 Å². The molecule has 4 heteroatoms. The number of hydrogen-bond donors (Lipinski definition) is 0. The van der Waals surface area contributed by atoms with E-state index in [9.17, 15) is 8.42 Å². The maximum absolute atomic E-state index is 13.4. The molecule has 0 N–H and O–H groups in total. The molecule has 0 aromatic rings. The smallest absolute Gasteiger partial charge is 0.270 e. The molecular weight excluding hydrogens is 729 g/mol. The van der Waals surface area contributed by atoms with Crippen molar-refractivity contribution in [2.24, 2.45) is 0 Å². The summed E-state index contributed by atoms with van der Waals surface area (Å²) in [6.07, 6.45) is 64.8. The molecule has 0 amide bonds. The van der Waals surface area contributed by atoms with Crippen LogP contribution in [-0.2, 0) is 14.3 Å². The van der Waals surface area contributed by atoms with E-state index in [1.807, 2.05) is 0 Å². The molecule has 0 aliphatic heterocycles. The Bertz CT molecular complexity index is 841. The van der Waals surface area contributed by atoms with E-state index in [1.54, 1.807) is 0 Å². The monoisotopic (exact) mass is 839 g/mol. The van der Waals surface area contributed by atoms with E-state index in [-0.39, 0.29) is 5.25 Å².